The fourth-order valence-corrected chi connectivity index (χ4v) is 8.24. The molecule has 1 aliphatic rings. The smallest absolute Gasteiger partial charge is 0.120 e. The molecule has 0 N–H and O–H groups in total. The van der Waals surface area contributed by atoms with Gasteiger partial charge in [-0.3, -0.25) is 0 Å². The summed E-state index contributed by atoms with van der Waals surface area (Å²) in [7, 11) is 0. The van der Waals surface area contributed by atoms with E-state index in [1.807, 2.05) is 0 Å². The summed E-state index contributed by atoms with van der Waals surface area (Å²) in [6.45, 7) is 17.0. The fourth-order valence-electron chi connectivity index (χ4n) is 8.24. The standard InChI is InChI=1S/C52H65NO/c1-8-39(18-16-17-19-40-22-23-41-24-25-44(41)34-40)38-54-50-36-45(42-26-30-47(31-27-42)51(6,9-2)10-3)35-46(37-50)43-28-32-49(33-29-43)53(52(7,11-4)12-5)48-20-14-13-15-21-48/h13-15,20-23,26-37,39H,8-12,16-19,24-25,38H2,1-7H3. The molecule has 1 atom stereocenters. The topological polar surface area (TPSA) is 12.5 Å². The number of unbranched alkanes of at least 4 members (excludes halogenated alkanes) is 1. The molecule has 6 rings (SSSR count). The van der Waals surface area contributed by atoms with E-state index < -0.39 is 0 Å². The average molecular weight is 720 g/mol. The van der Waals surface area contributed by atoms with Crippen molar-refractivity contribution in [2.24, 2.45) is 5.92 Å². The van der Waals surface area contributed by atoms with Gasteiger partial charge in [0.25, 0.3) is 0 Å². The third kappa shape index (κ3) is 8.97. The summed E-state index contributed by atoms with van der Waals surface area (Å²) in [6, 6.07) is 43.4. The van der Waals surface area contributed by atoms with E-state index in [9.17, 15) is 0 Å². The maximum Gasteiger partial charge on any atom is 0.120 e. The van der Waals surface area contributed by atoms with Crippen LogP contribution in [-0.4, -0.2) is 12.1 Å². The van der Waals surface area contributed by atoms with Crippen molar-refractivity contribution in [2.75, 3.05) is 11.5 Å². The molecule has 0 radical (unpaired) electrons. The summed E-state index contributed by atoms with van der Waals surface area (Å²) in [5.41, 5.74) is 13.6. The number of nitrogens with zero attached hydrogens (tertiary/aromatic N) is 1. The largest absolute Gasteiger partial charge is 0.493 e. The molecule has 5 aromatic rings. The summed E-state index contributed by atoms with van der Waals surface area (Å²) in [6.07, 6.45) is 12.9. The van der Waals surface area contributed by atoms with Crippen molar-refractivity contribution in [3.05, 3.63) is 138 Å². The Labute approximate surface area is 328 Å². The summed E-state index contributed by atoms with van der Waals surface area (Å²) in [5, 5.41) is 0. The molecule has 0 heterocycles. The van der Waals surface area contributed by atoms with Crippen LogP contribution < -0.4 is 9.64 Å². The number of hydrogen-bond donors (Lipinski definition) is 0. The van der Waals surface area contributed by atoms with Crippen molar-refractivity contribution < 1.29 is 4.74 Å². The monoisotopic (exact) mass is 720 g/mol. The van der Waals surface area contributed by atoms with Crippen LogP contribution in [0.2, 0.25) is 0 Å². The fraction of sp³-hybridized carbons (Fsp3) is 0.423. The number of ether oxygens (including phenoxy) is 1. The van der Waals surface area contributed by atoms with Crippen LogP contribution in [0.1, 0.15) is 122 Å². The predicted octanol–water partition coefficient (Wildman–Crippen LogP) is 14.7. The normalized spacial score (nSPS) is 13.2. The summed E-state index contributed by atoms with van der Waals surface area (Å²) >= 11 is 0. The first kappa shape index (κ1) is 39.4. The van der Waals surface area contributed by atoms with E-state index in [0.29, 0.717) is 5.92 Å². The van der Waals surface area contributed by atoms with Crippen LogP contribution in [0.15, 0.2) is 115 Å². The van der Waals surface area contributed by atoms with Gasteiger partial charge in [-0.1, -0.05) is 127 Å². The Kier molecular flexibility index (Phi) is 13.1. The van der Waals surface area contributed by atoms with Gasteiger partial charge in [-0.25, -0.2) is 0 Å². The summed E-state index contributed by atoms with van der Waals surface area (Å²) in [4.78, 5) is 2.53. The highest BCUT2D eigenvalue weighted by molar-refractivity contribution is 5.77. The maximum atomic E-state index is 6.73. The van der Waals surface area contributed by atoms with E-state index in [1.165, 1.54) is 83.3 Å². The molecule has 0 saturated heterocycles. The molecule has 0 aromatic heterocycles. The van der Waals surface area contributed by atoms with Gasteiger partial charge in [-0.15, -0.1) is 0 Å². The SMILES string of the molecule is CCC(CCCCc1ccc2c(c1)CC2)COc1cc(-c2ccc(N(c3ccccc3)C(C)(CC)CC)cc2)cc(-c2ccc(C(C)(CC)CC)cc2)c1. The van der Waals surface area contributed by atoms with E-state index in [4.69, 9.17) is 4.74 Å². The Hall–Kier alpha value is -4.30. The molecular formula is C52H65NO. The molecule has 0 bridgehead atoms. The predicted molar refractivity (Wildman–Crippen MR) is 233 cm³/mol. The first-order chi connectivity index (χ1) is 26.2. The minimum Gasteiger partial charge on any atom is -0.493 e. The maximum absolute atomic E-state index is 6.73. The molecular weight excluding hydrogens is 655 g/mol. The Bertz CT molecular complexity index is 1910. The van der Waals surface area contributed by atoms with Crippen LogP contribution in [0.5, 0.6) is 5.75 Å². The number of benzene rings is 5. The first-order valence-electron chi connectivity index (χ1n) is 21.2. The van der Waals surface area contributed by atoms with Gasteiger partial charge in [0.05, 0.1) is 6.61 Å². The van der Waals surface area contributed by atoms with E-state index in [1.54, 1.807) is 11.1 Å². The average Bonchev–Trinajstić information content (AvgIpc) is 3.21. The number of anilines is 2. The van der Waals surface area contributed by atoms with Gasteiger partial charge in [-0.05, 0) is 163 Å². The van der Waals surface area contributed by atoms with Crippen molar-refractivity contribution in [2.45, 2.75) is 130 Å². The zero-order valence-corrected chi connectivity index (χ0v) is 34.4. The number of aryl methyl sites for hydroxylation is 3. The van der Waals surface area contributed by atoms with Crippen molar-refractivity contribution in [3.63, 3.8) is 0 Å². The van der Waals surface area contributed by atoms with Gasteiger partial charge < -0.3 is 9.64 Å². The number of hydrogen-bond acceptors (Lipinski definition) is 2. The third-order valence-electron chi connectivity index (χ3n) is 13.2. The number of fused-ring (bicyclic) bond motifs is 1. The van der Waals surface area contributed by atoms with Crippen LogP contribution >= 0.6 is 0 Å². The molecule has 1 unspecified atom stereocenters. The molecule has 0 amide bonds. The zero-order valence-electron chi connectivity index (χ0n) is 34.4. The molecule has 1 aliphatic carbocycles. The van der Waals surface area contributed by atoms with Crippen molar-refractivity contribution in [3.8, 4) is 28.0 Å². The second-order valence-electron chi connectivity index (χ2n) is 16.4. The van der Waals surface area contributed by atoms with E-state index in [-0.39, 0.29) is 11.0 Å². The van der Waals surface area contributed by atoms with Crippen molar-refractivity contribution in [1.29, 1.82) is 0 Å². The number of para-hydroxylation sites is 1. The van der Waals surface area contributed by atoms with Gasteiger partial charge in [-0.2, -0.15) is 0 Å². The van der Waals surface area contributed by atoms with Crippen LogP contribution in [0.3, 0.4) is 0 Å². The molecule has 0 aliphatic heterocycles. The molecule has 0 spiro atoms. The third-order valence-corrected chi connectivity index (χ3v) is 13.2. The Morgan fingerprint density at radius 2 is 1.20 bits per heavy atom. The second-order valence-corrected chi connectivity index (χ2v) is 16.4. The second kappa shape index (κ2) is 17.9. The minimum atomic E-state index is 0.0134. The zero-order chi connectivity index (χ0) is 38.1. The van der Waals surface area contributed by atoms with Crippen molar-refractivity contribution >= 4 is 11.4 Å². The van der Waals surface area contributed by atoms with Crippen LogP contribution in [0.25, 0.3) is 22.3 Å². The lowest BCUT2D eigenvalue weighted by molar-refractivity contribution is 0.233. The molecule has 284 valence electrons. The summed E-state index contributed by atoms with van der Waals surface area (Å²) < 4.78 is 6.73. The highest BCUT2D eigenvalue weighted by Gasteiger charge is 2.30. The molecule has 2 nitrogen and oxygen atoms in total. The lowest BCUT2D eigenvalue weighted by Gasteiger charge is -2.42. The molecule has 2 heteroatoms. The Morgan fingerprint density at radius 3 is 1.76 bits per heavy atom. The highest BCUT2D eigenvalue weighted by atomic mass is 16.5. The van der Waals surface area contributed by atoms with Crippen molar-refractivity contribution in [1.82, 2.24) is 0 Å². The first-order valence-corrected chi connectivity index (χ1v) is 21.2. The molecule has 0 saturated carbocycles. The Balaban J connectivity index is 1.24. The lowest BCUT2D eigenvalue weighted by Crippen LogP contribution is -2.42. The minimum absolute atomic E-state index is 0.0134. The van der Waals surface area contributed by atoms with Crippen LogP contribution in [-0.2, 0) is 24.7 Å². The van der Waals surface area contributed by atoms with Gasteiger partial charge in [0, 0.05) is 16.9 Å². The van der Waals surface area contributed by atoms with Gasteiger partial charge in [0.15, 0.2) is 0 Å². The van der Waals surface area contributed by atoms with E-state index in [2.05, 4.69) is 169 Å². The van der Waals surface area contributed by atoms with Gasteiger partial charge in [0.2, 0.25) is 0 Å². The van der Waals surface area contributed by atoms with Gasteiger partial charge in [0.1, 0.15) is 5.75 Å². The summed E-state index contributed by atoms with van der Waals surface area (Å²) in [5.74, 6) is 1.50. The van der Waals surface area contributed by atoms with Crippen LogP contribution in [0.4, 0.5) is 11.4 Å². The Morgan fingerprint density at radius 1 is 0.593 bits per heavy atom. The highest BCUT2D eigenvalue weighted by Crippen LogP contribution is 2.40. The molecule has 54 heavy (non-hydrogen) atoms. The van der Waals surface area contributed by atoms with Crippen LogP contribution in [0, 0.1) is 5.92 Å². The van der Waals surface area contributed by atoms with Gasteiger partial charge >= 0.3 is 0 Å². The molecule has 5 aromatic carbocycles. The van der Waals surface area contributed by atoms with E-state index >= 15 is 0 Å². The number of rotatable bonds is 19. The lowest BCUT2D eigenvalue weighted by atomic mass is 9.77. The quantitative estimate of drug-likeness (QED) is 0.0788. The van der Waals surface area contributed by atoms with E-state index in [0.717, 1.165) is 44.5 Å². The molecule has 0 fully saturated rings.